The van der Waals surface area contributed by atoms with Crippen molar-refractivity contribution < 1.29 is 47.7 Å². The van der Waals surface area contributed by atoms with Gasteiger partial charge in [0.05, 0.1) is 19.2 Å². The Morgan fingerprint density at radius 2 is 1.52 bits per heavy atom. The van der Waals surface area contributed by atoms with E-state index in [1.807, 2.05) is 24.3 Å². The lowest BCUT2D eigenvalue weighted by molar-refractivity contribution is -0.154. The molecule has 17 heteroatoms. The number of nitrogens with zero attached hydrogens (tertiary/aromatic N) is 3. The molecule has 2 amide bonds. The Labute approximate surface area is 297 Å². The quantitative estimate of drug-likeness (QED) is 0.119. The van der Waals surface area contributed by atoms with Gasteiger partial charge in [-0.2, -0.15) is 4.98 Å². The highest BCUT2D eigenvalue weighted by Gasteiger charge is 2.41. The lowest BCUT2D eigenvalue weighted by Crippen LogP contribution is -2.38. The second kappa shape index (κ2) is 17.7. The first kappa shape index (κ1) is 37.2. The third kappa shape index (κ3) is 10.5. The van der Waals surface area contributed by atoms with Crippen molar-refractivity contribution in [2.45, 2.75) is 64.8 Å². The van der Waals surface area contributed by atoms with E-state index in [-0.39, 0.29) is 68.0 Å². The number of ether oxygens (including phenoxy) is 5. The summed E-state index contributed by atoms with van der Waals surface area (Å²) in [5.41, 5.74) is 0.993. The smallest absolute Gasteiger partial charge is 0.408 e. The van der Waals surface area contributed by atoms with Crippen molar-refractivity contribution in [2.75, 3.05) is 18.5 Å². The highest BCUT2D eigenvalue weighted by Crippen LogP contribution is 2.33. The van der Waals surface area contributed by atoms with E-state index in [9.17, 15) is 28.8 Å². The van der Waals surface area contributed by atoms with Crippen molar-refractivity contribution in [1.82, 2.24) is 24.8 Å². The Kier molecular flexibility index (Phi) is 12.7. The van der Waals surface area contributed by atoms with Crippen LogP contribution in [0.3, 0.4) is 0 Å². The molecule has 5 rings (SSSR count). The molecule has 3 heterocycles. The van der Waals surface area contributed by atoms with Gasteiger partial charge in [-0.1, -0.05) is 74.5 Å². The van der Waals surface area contributed by atoms with Crippen LogP contribution in [-0.2, 0) is 56.1 Å². The second-order valence-corrected chi connectivity index (χ2v) is 12.0. The van der Waals surface area contributed by atoms with Crippen molar-refractivity contribution in [3.05, 3.63) is 88.5 Å². The summed E-state index contributed by atoms with van der Waals surface area (Å²) in [4.78, 5) is 85.7. The van der Waals surface area contributed by atoms with Gasteiger partial charge in [-0.15, -0.1) is 0 Å². The zero-order valence-electron chi connectivity index (χ0n) is 28.4. The first-order valence-electron chi connectivity index (χ1n) is 16.5. The number of hydrogen-bond acceptors (Lipinski definition) is 13. The topological polar surface area (TPSA) is 219 Å². The molecule has 3 atom stereocenters. The summed E-state index contributed by atoms with van der Waals surface area (Å²) in [6.45, 7) is 2.58. The van der Waals surface area contributed by atoms with Gasteiger partial charge in [-0.05, 0) is 11.1 Å². The predicted molar refractivity (Wildman–Crippen MR) is 181 cm³/mol. The monoisotopic (exact) mass is 718 g/mol. The van der Waals surface area contributed by atoms with Crippen molar-refractivity contribution in [3.63, 3.8) is 0 Å². The van der Waals surface area contributed by atoms with Crippen LogP contribution in [0.25, 0.3) is 11.2 Å². The molecule has 3 N–H and O–H groups in total. The Balaban J connectivity index is 1.21. The van der Waals surface area contributed by atoms with Crippen LogP contribution in [0.15, 0.2) is 71.8 Å². The number of imidazole rings is 1. The minimum absolute atomic E-state index is 0.00642. The van der Waals surface area contributed by atoms with Gasteiger partial charge in [0.2, 0.25) is 11.9 Å². The van der Waals surface area contributed by atoms with Crippen molar-refractivity contribution in [1.29, 1.82) is 0 Å². The summed E-state index contributed by atoms with van der Waals surface area (Å²) in [7, 11) is 0. The van der Waals surface area contributed by atoms with E-state index in [4.69, 9.17) is 23.7 Å². The molecule has 2 aromatic heterocycles. The van der Waals surface area contributed by atoms with Crippen LogP contribution in [0.5, 0.6) is 0 Å². The fourth-order valence-electron chi connectivity index (χ4n) is 4.98. The number of anilines is 1. The number of alkyl carbamates (subject to hydrolysis) is 1. The molecular weight excluding hydrogens is 680 g/mol. The summed E-state index contributed by atoms with van der Waals surface area (Å²) in [6, 6.07) is 18.1. The van der Waals surface area contributed by atoms with Gasteiger partial charge in [0, 0.05) is 12.3 Å². The summed E-state index contributed by atoms with van der Waals surface area (Å²) in [5.74, 6) is -2.87. The molecule has 1 aliphatic heterocycles. The number of rotatable bonds is 15. The van der Waals surface area contributed by atoms with Gasteiger partial charge in [-0.3, -0.25) is 38.8 Å². The van der Waals surface area contributed by atoms with Crippen molar-refractivity contribution >= 4 is 47.0 Å². The number of hydrogen-bond donors (Lipinski definition) is 3. The molecule has 274 valence electrons. The zero-order valence-corrected chi connectivity index (χ0v) is 28.4. The van der Waals surface area contributed by atoms with Gasteiger partial charge < -0.3 is 29.0 Å². The maximum Gasteiger partial charge on any atom is 0.408 e. The van der Waals surface area contributed by atoms with E-state index in [0.717, 1.165) is 11.1 Å². The van der Waals surface area contributed by atoms with Crippen LogP contribution in [0.2, 0.25) is 0 Å². The average Bonchev–Trinajstić information content (AvgIpc) is 3.75. The third-order valence-corrected chi connectivity index (χ3v) is 7.75. The largest absolute Gasteiger partial charge is 0.463 e. The maximum absolute atomic E-state index is 12.8. The predicted octanol–water partition coefficient (Wildman–Crippen LogP) is 2.91. The third-order valence-electron chi connectivity index (χ3n) is 7.75. The molecule has 52 heavy (non-hydrogen) atoms. The highest BCUT2D eigenvalue weighted by atomic mass is 16.6. The molecule has 1 saturated heterocycles. The van der Waals surface area contributed by atoms with Crippen LogP contribution in [0.4, 0.5) is 10.7 Å². The number of carbonyl (C=O) groups excluding carboxylic acids is 5. The SMILES string of the molecule is CC(C)C(=O)Nc1nc2c(ncn2C2CC(OC(=O)NCC(=O)OCc3ccccc3)C(COC(=O)CCC(=O)OCc3ccccc3)O2)c(=O)[nH]1. The molecule has 0 spiro atoms. The van der Waals surface area contributed by atoms with Gasteiger partial charge >= 0.3 is 24.0 Å². The van der Waals surface area contributed by atoms with Gasteiger partial charge in [0.1, 0.15) is 44.8 Å². The van der Waals surface area contributed by atoms with Gasteiger partial charge in [0.25, 0.3) is 5.56 Å². The van der Waals surface area contributed by atoms with E-state index in [2.05, 4.69) is 25.6 Å². The number of esters is 3. The molecule has 0 saturated carbocycles. The summed E-state index contributed by atoms with van der Waals surface area (Å²) in [6.07, 6.45) is -3.12. The first-order valence-corrected chi connectivity index (χ1v) is 16.5. The van der Waals surface area contributed by atoms with Crippen LogP contribution >= 0.6 is 0 Å². The normalized spacial score (nSPS) is 16.6. The molecule has 1 fully saturated rings. The minimum atomic E-state index is -1.02. The standard InChI is InChI=1S/C35H38N6O11/c1-21(2)32(45)39-34-38-31-30(33(46)40-34)37-20-41(31)26-15-24(52-35(47)36-16-29(44)49-18-23-11-7-4-8-12-23)25(51-26)19-50-28(43)14-13-27(42)48-17-22-9-5-3-6-10-22/h3-12,20-21,24-26H,13-19H2,1-2H3,(H,36,47)(H2,38,39,40,45,46). The minimum Gasteiger partial charge on any atom is -0.463 e. The van der Waals surface area contributed by atoms with Crippen molar-refractivity contribution in [3.8, 4) is 0 Å². The lowest BCUT2D eigenvalue weighted by atomic mass is 10.2. The summed E-state index contributed by atoms with van der Waals surface area (Å²) in [5, 5.41) is 4.88. The van der Waals surface area contributed by atoms with E-state index in [1.54, 1.807) is 50.2 Å². The summed E-state index contributed by atoms with van der Waals surface area (Å²) < 4.78 is 28.9. The van der Waals surface area contributed by atoms with E-state index < -0.39 is 54.5 Å². The number of fused-ring (bicyclic) bond motifs is 1. The number of nitrogens with one attached hydrogen (secondary N) is 3. The molecule has 3 unspecified atom stereocenters. The van der Waals surface area contributed by atoms with Gasteiger partial charge in [0.15, 0.2) is 11.2 Å². The zero-order chi connectivity index (χ0) is 37.0. The lowest BCUT2D eigenvalue weighted by Gasteiger charge is -2.19. The Morgan fingerprint density at radius 1 is 0.904 bits per heavy atom. The number of H-pyrrole nitrogens is 1. The number of carbonyl (C=O) groups is 5. The first-order chi connectivity index (χ1) is 25.0. The van der Waals surface area contributed by atoms with E-state index in [0.29, 0.717) is 0 Å². The fraction of sp³-hybridized carbons (Fsp3) is 0.371. The van der Waals surface area contributed by atoms with Crippen LogP contribution in [-0.4, -0.2) is 74.8 Å². The average molecular weight is 719 g/mol. The number of amides is 2. The molecule has 4 aromatic rings. The van der Waals surface area contributed by atoms with Crippen molar-refractivity contribution in [2.24, 2.45) is 5.92 Å². The Morgan fingerprint density at radius 3 is 2.15 bits per heavy atom. The number of aromatic amines is 1. The highest BCUT2D eigenvalue weighted by molar-refractivity contribution is 5.91. The molecule has 0 aliphatic carbocycles. The summed E-state index contributed by atoms with van der Waals surface area (Å²) >= 11 is 0. The molecule has 1 aliphatic rings. The van der Waals surface area contributed by atoms with Crippen LogP contribution in [0.1, 0.15) is 50.5 Å². The molecule has 0 radical (unpaired) electrons. The molecule has 17 nitrogen and oxygen atoms in total. The van der Waals surface area contributed by atoms with Crippen LogP contribution in [0, 0.1) is 5.92 Å². The number of aromatic nitrogens is 4. The van der Waals surface area contributed by atoms with E-state index in [1.165, 1.54) is 10.9 Å². The fourth-order valence-corrected chi connectivity index (χ4v) is 4.98. The number of benzene rings is 2. The van der Waals surface area contributed by atoms with Crippen LogP contribution < -0.4 is 16.2 Å². The van der Waals surface area contributed by atoms with Gasteiger partial charge in [-0.25, -0.2) is 9.78 Å². The molecular formula is C35H38N6O11. The maximum atomic E-state index is 12.8. The Hall–Kier alpha value is -6.10. The molecule has 2 aromatic carbocycles. The molecule has 0 bridgehead atoms. The van der Waals surface area contributed by atoms with E-state index >= 15 is 0 Å². The Bertz CT molecular complexity index is 1930. The second-order valence-electron chi connectivity index (χ2n) is 12.0.